The van der Waals surface area contributed by atoms with E-state index >= 15 is 0 Å². The van der Waals surface area contributed by atoms with E-state index in [4.69, 9.17) is 11.6 Å². The summed E-state index contributed by atoms with van der Waals surface area (Å²) < 4.78 is 51.6. The van der Waals surface area contributed by atoms with E-state index in [1.165, 1.54) is 22.9 Å². The smallest absolute Gasteiger partial charge is 0.231 e. The van der Waals surface area contributed by atoms with Gasteiger partial charge in [0, 0.05) is 5.56 Å². The summed E-state index contributed by atoms with van der Waals surface area (Å²) in [4.78, 5) is 0.182. The van der Waals surface area contributed by atoms with Gasteiger partial charge < -0.3 is 0 Å². The third-order valence-electron chi connectivity index (χ3n) is 3.92. The molecule has 1 heterocycles. The monoisotopic (exact) mass is 396 g/mol. The van der Waals surface area contributed by atoms with E-state index < -0.39 is 16.3 Å². The van der Waals surface area contributed by atoms with Crippen molar-refractivity contribution in [3.63, 3.8) is 0 Å². The number of halogens is 3. The first-order valence-corrected chi connectivity index (χ1v) is 9.82. The minimum atomic E-state index is -3.34. The fraction of sp³-hybridized carbons (Fsp3) is 0.167. The molecule has 2 aromatic carbocycles. The van der Waals surface area contributed by atoms with Crippen LogP contribution in [0.3, 0.4) is 0 Å². The van der Waals surface area contributed by atoms with Crippen LogP contribution in [0.5, 0.6) is 0 Å². The van der Waals surface area contributed by atoms with E-state index in [0.717, 1.165) is 0 Å². The number of rotatable bonds is 5. The highest BCUT2D eigenvalue weighted by Crippen LogP contribution is 2.31. The Hall–Kier alpha value is -2.25. The molecule has 1 aromatic heterocycles. The van der Waals surface area contributed by atoms with Gasteiger partial charge in [0.05, 0.1) is 27.1 Å². The summed E-state index contributed by atoms with van der Waals surface area (Å²) in [7, 11) is -3.34. The van der Waals surface area contributed by atoms with Gasteiger partial charge in [-0.2, -0.15) is 5.10 Å². The van der Waals surface area contributed by atoms with Gasteiger partial charge in [-0.25, -0.2) is 21.9 Å². The number of sulfone groups is 1. The summed E-state index contributed by atoms with van der Waals surface area (Å²) in [6, 6.07) is 14.1. The fourth-order valence-corrected chi connectivity index (χ4v) is 3.62. The summed E-state index contributed by atoms with van der Waals surface area (Å²) in [5, 5.41) is 4.33. The molecule has 3 rings (SSSR count). The molecule has 0 fully saturated rings. The van der Waals surface area contributed by atoms with Crippen molar-refractivity contribution in [2.75, 3.05) is 5.75 Å². The number of aromatic nitrogens is 2. The lowest BCUT2D eigenvalue weighted by Crippen LogP contribution is -2.04. The highest BCUT2D eigenvalue weighted by atomic mass is 35.5. The molecule has 0 N–H and O–H groups in total. The second-order valence-electron chi connectivity index (χ2n) is 5.55. The molecule has 0 aliphatic heterocycles. The number of benzene rings is 2. The maximum atomic E-state index is 13.2. The standard InChI is InChI=1S/C18H15ClF2N2O2S/c1-2-26(24,25)13-9-7-12(8-10-13)17-11-15(18(20)21)22-23(17)16-6-4-3-5-14(16)19/h3-11,18H,2H2,1H3. The van der Waals surface area contributed by atoms with E-state index in [0.29, 0.717) is 22.0 Å². The predicted molar refractivity (Wildman–Crippen MR) is 96.7 cm³/mol. The molecule has 26 heavy (non-hydrogen) atoms. The number of nitrogens with zero attached hydrogens (tertiary/aromatic N) is 2. The second kappa shape index (κ2) is 7.17. The molecule has 0 amide bonds. The van der Waals surface area contributed by atoms with E-state index in [-0.39, 0.29) is 16.3 Å². The molecule has 0 atom stereocenters. The molecular formula is C18H15ClF2N2O2S. The Morgan fingerprint density at radius 1 is 1.12 bits per heavy atom. The van der Waals surface area contributed by atoms with E-state index in [2.05, 4.69) is 5.10 Å². The van der Waals surface area contributed by atoms with Crippen LogP contribution >= 0.6 is 11.6 Å². The van der Waals surface area contributed by atoms with Gasteiger partial charge in [-0.1, -0.05) is 42.8 Å². The maximum absolute atomic E-state index is 13.2. The lowest BCUT2D eigenvalue weighted by Gasteiger charge is -2.10. The van der Waals surface area contributed by atoms with Gasteiger partial charge in [-0.15, -0.1) is 0 Å². The Bertz CT molecular complexity index is 1030. The van der Waals surface area contributed by atoms with Crippen LogP contribution in [-0.4, -0.2) is 24.0 Å². The molecule has 0 saturated carbocycles. The Morgan fingerprint density at radius 3 is 2.35 bits per heavy atom. The van der Waals surface area contributed by atoms with Gasteiger partial charge in [0.15, 0.2) is 9.84 Å². The lowest BCUT2D eigenvalue weighted by molar-refractivity contribution is 0.145. The van der Waals surface area contributed by atoms with Gasteiger partial charge in [-0.3, -0.25) is 0 Å². The molecule has 0 aliphatic rings. The normalized spacial score (nSPS) is 11.9. The highest BCUT2D eigenvalue weighted by molar-refractivity contribution is 7.91. The quantitative estimate of drug-likeness (QED) is 0.614. The molecule has 0 aliphatic carbocycles. The van der Waals surface area contributed by atoms with Crippen LogP contribution in [0.2, 0.25) is 5.02 Å². The first kappa shape index (κ1) is 18.5. The van der Waals surface area contributed by atoms with Crippen molar-refractivity contribution in [1.82, 2.24) is 9.78 Å². The van der Waals surface area contributed by atoms with Crippen molar-refractivity contribution >= 4 is 21.4 Å². The van der Waals surface area contributed by atoms with Gasteiger partial charge in [-0.05, 0) is 30.3 Å². The number of para-hydroxylation sites is 1. The van der Waals surface area contributed by atoms with Crippen molar-refractivity contribution in [3.05, 3.63) is 65.3 Å². The van der Waals surface area contributed by atoms with Gasteiger partial charge >= 0.3 is 0 Å². The Kier molecular flexibility index (Phi) is 5.11. The van der Waals surface area contributed by atoms with E-state index in [1.807, 2.05) is 0 Å². The van der Waals surface area contributed by atoms with Crippen molar-refractivity contribution in [2.45, 2.75) is 18.2 Å². The van der Waals surface area contributed by atoms with Gasteiger partial charge in [0.2, 0.25) is 0 Å². The highest BCUT2D eigenvalue weighted by Gasteiger charge is 2.19. The zero-order valence-electron chi connectivity index (χ0n) is 13.7. The Labute approximate surface area is 155 Å². The topological polar surface area (TPSA) is 52.0 Å². The minimum absolute atomic E-state index is 0.0145. The molecule has 4 nitrogen and oxygen atoms in total. The molecule has 136 valence electrons. The molecule has 8 heteroatoms. The SMILES string of the molecule is CCS(=O)(=O)c1ccc(-c2cc(C(F)F)nn2-c2ccccc2Cl)cc1. The summed E-state index contributed by atoms with van der Waals surface area (Å²) in [5.74, 6) is -0.0145. The number of alkyl halides is 2. The number of hydrogen-bond donors (Lipinski definition) is 0. The Morgan fingerprint density at radius 2 is 1.77 bits per heavy atom. The summed E-state index contributed by atoms with van der Waals surface area (Å²) in [5.41, 5.74) is 1.03. The van der Waals surface area contributed by atoms with Crippen LogP contribution < -0.4 is 0 Å². The molecular weight excluding hydrogens is 382 g/mol. The van der Waals surface area contributed by atoms with E-state index in [9.17, 15) is 17.2 Å². The largest absolute Gasteiger partial charge is 0.282 e. The average Bonchev–Trinajstić information content (AvgIpc) is 3.07. The van der Waals surface area contributed by atoms with Gasteiger partial charge in [0.1, 0.15) is 5.69 Å². The zero-order valence-corrected chi connectivity index (χ0v) is 15.3. The third kappa shape index (κ3) is 3.50. The number of hydrogen-bond acceptors (Lipinski definition) is 3. The first-order valence-electron chi connectivity index (χ1n) is 7.79. The minimum Gasteiger partial charge on any atom is -0.231 e. The van der Waals surface area contributed by atoms with Crippen LogP contribution in [0.4, 0.5) is 8.78 Å². The van der Waals surface area contributed by atoms with Crippen molar-refractivity contribution < 1.29 is 17.2 Å². The van der Waals surface area contributed by atoms with Crippen LogP contribution in [0.25, 0.3) is 16.9 Å². The molecule has 0 spiro atoms. The molecule has 3 aromatic rings. The van der Waals surface area contributed by atoms with Crippen LogP contribution in [0.15, 0.2) is 59.5 Å². The average molecular weight is 397 g/mol. The fourth-order valence-electron chi connectivity index (χ4n) is 2.52. The Balaban J connectivity index is 2.14. The van der Waals surface area contributed by atoms with Gasteiger partial charge in [0.25, 0.3) is 6.43 Å². The van der Waals surface area contributed by atoms with E-state index in [1.54, 1.807) is 43.3 Å². The van der Waals surface area contributed by atoms with Crippen LogP contribution in [0.1, 0.15) is 19.0 Å². The van der Waals surface area contributed by atoms with Crippen LogP contribution in [-0.2, 0) is 9.84 Å². The lowest BCUT2D eigenvalue weighted by atomic mass is 10.1. The molecule has 0 saturated heterocycles. The molecule has 0 bridgehead atoms. The summed E-state index contributed by atoms with van der Waals surface area (Å²) in [6.45, 7) is 1.56. The summed E-state index contributed by atoms with van der Waals surface area (Å²) in [6.07, 6.45) is -2.74. The van der Waals surface area contributed by atoms with Crippen molar-refractivity contribution in [1.29, 1.82) is 0 Å². The zero-order chi connectivity index (χ0) is 18.9. The van der Waals surface area contributed by atoms with Crippen molar-refractivity contribution in [2.24, 2.45) is 0 Å². The van der Waals surface area contributed by atoms with Crippen LogP contribution in [0, 0.1) is 0 Å². The molecule has 0 unspecified atom stereocenters. The maximum Gasteiger partial charge on any atom is 0.282 e. The third-order valence-corrected chi connectivity index (χ3v) is 5.99. The second-order valence-corrected chi connectivity index (χ2v) is 8.23. The molecule has 0 radical (unpaired) electrons. The summed E-state index contributed by atoms with van der Waals surface area (Å²) >= 11 is 6.18. The first-order chi connectivity index (χ1) is 12.3. The van der Waals surface area contributed by atoms with Crippen molar-refractivity contribution in [3.8, 4) is 16.9 Å². The predicted octanol–water partition coefficient (Wildman–Crippen LogP) is 4.92.